The second-order valence-corrected chi connectivity index (χ2v) is 6.39. The first-order chi connectivity index (χ1) is 9.56. The van der Waals surface area contributed by atoms with Crippen LogP contribution in [0.4, 0.5) is 5.69 Å². The van der Waals surface area contributed by atoms with E-state index in [1.54, 1.807) is 7.11 Å². The average Bonchev–Trinajstić information content (AvgIpc) is 2.78. The molecule has 20 heavy (non-hydrogen) atoms. The normalized spacial score (nSPS) is 12.2. The third-order valence-corrected chi connectivity index (χ3v) is 4.59. The predicted octanol–water partition coefficient (Wildman–Crippen LogP) is 3.51. The maximum Gasteiger partial charge on any atom is 0.119 e. The molecule has 1 unspecified atom stereocenters. The Morgan fingerprint density at radius 3 is 2.35 bits per heavy atom. The highest BCUT2D eigenvalue weighted by Gasteiger charge is 2.19. The molecule has 1 aromatic carbocycles. The molecule has 0 spiro atoms. The monoisotopic (exact) mass is 290 g/mol. The van der Waals surface area contributed by atoms with Crippen LogP contribution in [0.2, 0.25) is 0 Å². The number of nitrogens with zero attached hydrogens (tertiary/aromatic N) is 1. The smallest absolute Gasteiger partial charge is 0.119 e. The molecule has 0 saturated heterocycles. The van der Waals surface area contributed by atoms with E-state index in [4.69, 9.17) is 10.5 Å². The van der Waals surface area contributed by atoms with Crippen molar-refractivity contribution in [1.82, 2.24) is 0 Å². The molecular formula is C16H22N2OS. The number of thiophene rings is 1. The molecule has 2 N–H and O–H groups in total. The van der Waals surface area contributed by atoms with Crippen molar-refractivity contribution in [2.24, 2.45) is 5.73 Å². The standard InChI is InChI=1S/C16H22N2OS/c1-11-9-15(12(2)20-11)16(10-17)18(3)13-5-7-14(19-4)8-6-13/h5-9,16H,10,17H2,1-4H3. The maximum atomic E-state index is 6.02. The third-order valence-electron chi connectivity index (χ3n) is 3.61. The summed E-state index contributed by atoms with van der Waals surface area (Å²) >= 11 is 1.83. The highest BCUT2D eigenvalue weighted by molar-refractivity contribution is 7.12. The largest absolute Gasteiger partial charge is 0.497 e. The summed E-state index contributed by atoms with van der Waals surface area (Å²) in [6.45, 7) is 4.90. The van der Waals surface area contributed by atoms with E-state index < -0.39 is 0 Å². The molecule has 2 rings (SSSR count). The van der Waals surface area contributed by atoms with Gasteiger partial charge in [-0.25, -0.2) is 0 Å². The number of rotatable bonds is 5. The Balaban J connectivity index is 2.28. The molecule has 2 aromatic rings. The summed E-state index contributed by atoms with van der Waals surface area (Å²) < 4.78 is 5.20. The van der Waals surface area contributed by atoms with Gasteiger partial charge in [-0.05, 0) is 49.7 Å². The van der Waals surface area contributed by atoms with Gasteiger partial charge in [-0.15, -0.1) is 11.3 Å². The van der Waals surface area contributed by atoms with Gasteiger partial charge in [0.1, 0.15) is 5.75 Å². The fourth-order valence-electron chi connectivity index (χ4n) is 2.47. The van der Waals surface area contributed by atoms with E-state index in [0.29, 0.717) is 6.54 Å². The Morgan fingerprint density at radius 1 is 1.25 bits per heavy atom. The topological polar surface area (TPSA) is 38.5 Å². The van der Waals surface area contributed by atoms with Gasteiger partial charge >= 0.3 is 0 Å². The Morgan fingerprint density at radius 2 is 1.90 bits per heavy atom. The van der Waals surface area contributed by atoms with Gasteiger partial charge < -0.3 is 15.4 Å². The number of hydrogen-bond acceptors (Lipinski definition) is 4. The summed E-state index contributed by atoms with van der Waals surface area (Å²) in [6, 6.07) is 10.5. The molecule has 0 amide bonds. The molecule has 108 valence electrons. The van der Waals surface area contributed by atoms with Crippen molar-refractivity contribution < 1.29 is 4.74 Å². The van der Waals surface area contributed by atoms with Gasteiger partial charge in [-0.1, -0.05) is 0 Å². The number of ether oxygens (including phenoxy) is 1. The molecule has 0 aliphatic rings. The van der Waals surface area contributed by atoms with E-state index in [9.17, 15) is 0 Å². The quantitative estimate of drug-likeness (QED) is 0.916. The molecular weight excluding hydrogens is 268 g/mol. The minimum atomic E-state index is 0.202. The molecule has 0 radical (unpaired) electrons. The third kappa shape index (κ3) is 2.97. The van der Waals surface area contributed by atoms with Crippen LogP contribution in [0.5, 0.6) is 5.75 Å². The molecule has 4 heteroatoms. The number of hydrogen-bond donors (Lipinski definition) is 1. The fraction of sp³-hybridized carbons (Fsp3) is 0.375. The van der Waals surface area contributed by atoms with Crippen molar-refractivity contribution in [3.63, 3.8) is 0 Å². The van der Waals surface area contributed by atoms with Crippen LogP contribution in [0.3, 0.4) is 0 Å². The van der Waals surface area contributed by atoms with E-state index in [1.165, 1.54) is 15.3 Å². The molecule has 0 aliphatic heterocycles. The van der Waals surface area contributed by atoms with Crippen molar-refractivity contribution in [2.45, 2.75) is 19.9 Å². The summed E-state index contributed by atoms with van der Waals surface area (Å²) in [6.07, 6.45) is 0. The number of anilines is 1. The molecule has 0 fully saturated rings. The number of benzene rings is 1. The van der Waals surface area contributed by atoms with Crippen molar-refractivity contribution in [1.29, 1.82) is 0 Å². The zero-order valence-corrected chi connectivity index (χ0v) is 13.3. The lowest BCUT2D eigenvalue weighted by atomic mass is 10.1. The summed E-state index contributed by atoms with van der Waals surface area (Å²) in [5.74, 6) is 0.869. The molecule has 1 aromatic heterocycles. The van der Waals surface area contributed by atoms with Crippen molar-refractivity contribution >= 4 is 17.0 Å². The first kappa shape index (κ1) is 14.9. The zero-order valence-electron chi connectivity index (χ0n) is 12.5. The lowest BCUT2D eigenvalue weighted by Crippen LogP contribution is -2.30. The number of likely N-dealkylation sites (N-methyl/N-ethyl adjacent to an activating group) is 1. The minimum absolute atomic E-state index is 0.202. The van der Waals surface area contributed by atoms with Crippen LogP contribution in [0, 0.1) is 13.8 Å². The SMILES string of the molecule is COc1ccc(N(C)C(CN)c2cc(C)sc2C)cc1. The second kappa shape index (κ2) is 6.29. The molecule has 0 saturated carbocycles. The van der Waals surface area contributed by atoms with Crippen LogP contribution in [0.15, 0.2) is 30.3 Å². The maximum absolute atomic E-state index is 6.02. The van der Waals surface area contributed by atoms with Crippen LogP contribution >= 0.6 is 11.3 Å². The van der Waals surface area contributed by atoms with E-state index in [0.717, 1.165) is 11.4 Å². The van der Waals surface area contributed by atoms with Crippen LogP contribution in [-0.2, 0) is 0 Å². The molecule has 1 heterocycles. The first-order valence-electron chi connectivity index (χ1n) is 6.70. The highest BCUT2D eigenvalue weighted by atomic mass is 32.1. The lowest BCUT2D eigenvalue weighted by Gasteiger charge is -2.29. The number of aryl methyl sites for hydroxylation is 2. The summed E-state index contributed by atoms with van der Waals surface area (Å²) in [5, 5.41) is 0. The van der Waals surface area contributed by atoms with Crippen molar-refractivity contribution in [3.05, 3.63) is 45.6 Å². The Bertz CT molecular complexity index is 562. The summed E-state index contributed by atoms with van der Waals surface area (Å²) in [4.78, 5) is 4.91. The van der Waals surface area contributed by atoms with E-state index in [1.807, 2.05) is 23.5 Å². The van der Waals surface area contributed by atoms with Gasteiger partial charge in [0.25, 0.3) is 0 Å². The number of nitrogens with two attached hydrogens (primary N) is 1. The average molecular weight is 290 g/mol. The lowest BCUT2D eigenvalue weighted by molar-refractivity contribution is 0.415. The summed E-state index contributed by atoms with van der Waals surface area (Å²) in [5.41, 5.74) is 8.49. The van der Waals surface area contributed by atoms with Gasteiger partial charge in [0.15, 0.2) is 0 Å². The van der Waals surface area contributed by atoms with Crippen LogP contribution in [-0.4, -0.2) is 20.7 Å². The first-order valence-corrected chi connectivity index (χ1v) is 7.52. The Labute approximate surface area is 125 Å². The van der Waals surface area contributed by atoms with Crippen LogP contribution in [0.1, 0.15) is 21.4 Å². The van der Waals surface area contributed by atoms with Gasteiger partial charge in [-0.3, -0.25) is 0 Å². The van der Waals surface area contributed by atoms with Crippen LogP contribution < -0.4 is 15.4 Å². The molecule has 0 aliphatic carbocycles. The van der Waals surface area contributed by atoms with Crippen molar-refractivity contribution in [2.75, 3.05) is 25.6 Å². The fourth-order valence-corrected chi connectivity index (χ4v) is 3.45. The Hall–Kier alpha value is -1.52. The van der Waals surface area contributed by atoms with E-state index in [2.05, 4.69) is 44.0 Å². The van der Waals surface area contributed by atoms with E-state index in [-0.39, 0.29) is 6.04 Å². The highest BCUT2D eigenvalue weighted by Crippen LogP contribution is 2.32. The second-order valence-electron chi connectivity index (χ2n) is 4.93. The molecule has 0 bridgehead atoms. The van der Waals surface area contributed by atoms with E-state index >= 15 is 0 Å². The van der Waals surface area contributed by atoms with Gasteiger partial charge in [0, 0.05) is 29.0 Å². The summed E-state index contributed by atoms with van der Waals surface area (Å²) in [7, 11) is 3.77. The zero-order chi connectivity index (χ0) is 14.7. The number of methoxy groups -OCH3 is 1. The van der Waals surface area contributed by atoms with Gasteiger partial charge in [0.05, 0.1) is 13.2 Å². The van der Waals surface area contributed by atoms with Gasteiger partial charge in [0.2, 0.25) is 0 Å². The predicted molar refractivity (Wildman–Crippen MR) is 87.0 cm³/mol. The van der Waals surface area contributed by atoms with Gasteiger partial charge in [-0.2, -0.15) is 0 Å². The van der Waals surface area contributed by atoms with Crippen LogP contribution in [0.25, 0.3) is 0 Å². The minimum Gasteiger partial charge on any atom is -0.497 e. The van der Waals surface area contributed by atoms with Crippen molar-refractivity contribution in [3.8, 4) is 5.75 Å². The molecule has 1 atom stereocenters. The molecule has 3 nitrogen and oxygen atoms in total. The Kier molecular flexibility index (Phi) is 4.68.